The molecule has 1 aliphatic heterocycles. The highest BCUT2D eigenvalue weighted by molar-refractivity contribution is 6.61. The molecule has 0 fully saturated rings. The van der Waals surface area contributed by atoms with Crippen LogP contribution in [-0.2, 0) is 20.9 Å². The molecule has 5 N–H and O–H groups in total. The highest BCUT2D eigenvalue weighted by Crippen LogP contribution is 2.11. The second-order valence-corrected chi connectivity index (χ2v) is 6.39. The van der Waals surface area contributed by atoms with E-state index >= 15 is 0 Å². The van der Waals surface area contributed by atoms with Crippen molar-refractivity contribution in [2.75, 3.05) is 13.1 Å². The Bertz CT molecular complexity index is 692. The highest BCUT2D eigenvalue weighted by Gasteiger charge is 2.30. The van der Waals surface area contributed by atoms with Crippen LogP contribution in [0.1, 0.15) is 36.2 Å². The van der Waals surface area contributed by atoms with E-state index in [4.69, 9.17) is 10.4 Å². The molecule has 0 spiro atoms. The Morgan fingerprint density at radius 2 is 2.08 bits per heavy atom. The first-order chi connectivity index (χ1) is 11.7. The first-order valence-electron chi connectivity index (χ1n) is 7.98. The number of benzene rings is 1. The van der Waals surface area contributed by atoms with Crippen LogP contribution < -0.4 is 21.8 Å². The lowest BCUT2D eigenvalue weighted by Crippen LogP contribution is -2.58. The summed E-state index contributed by atoms with van der Waals surface area (Å²) in [6.07, 6.45) is 0.230. The van der Waals surface area contributed by atoms with Crippen molar-refractivity contribution in [2.45, 2.75) is 32.4 Å². The van der Waals surface area contributed by atoms with Crippen LogP contribution >= 0.6 is 0 Å². The van der Waals surface area contributed by atoms with Gasteiger partial charge < -0.3 is 26.0 Å². The van der Waals surface area contributed by atoms with Crippen molar-refractivity contribution >= 4 is 30.2 Å². The first kappa shape index (κ1) is 19.1. The van der Waals surface area contributed by atoms with Gasteiger partial charge in [0.25, 0.3) is 5.91 Å². The Labute approximate surface area is 146 Å². The molecule has 1 atom stereocenters. The minimum absolute atomic E-state index is 0.0323. The SMILES string of the molecule is CC(=O)CCNC(=O)[C@@](C)(N)CNC(=O)c1ccc2c(c1)B(O)OC2. The molecule has 0 radical (unpaired) electrons. The number of amides is 2. The maximum atomic E-state index is 12.3. The molecule has 0 unspecified atom stereocenters. The number of fused-ring (bicyclic) bond motifs is 1. The van der Waals surface area contributed by atoms with Gasteiger partial charge in [-0.1, -0.05) is 6.07 Å². The summed E-state index contributed by atoms with van der Waals surface area (Å²) < 4.78 is 5.08. The van der Waals surface area contributed by atoms with Crippen molar-refractivity contribution < 1.29 is 24.1 Å². The van der Waals surface area contributed by atoms with Crippen LogP contribution in [0, 0.1) is 0 Å². The number of carbonyl (C=O) groups excluding carboxylic acids is 3. The molecular weight excluding hydrogens is 325 g/mol. The Morgan fingerprint density at radius 1 is 1.36 bits per heavy atom. The molecule has 2 amide bonds. The van der Waals surface area contributed by atoms with E-state index in [9.17, 15) is 19.4 Å². The molecule has 9 heteroatoms. The van der Waals surface area contributed by atoms with Gasteiger partial charge in [-0.2, -0.15) is 0 Å². The number of nitrogens with one attached hydrogen (secondary N) is 2. The average molecular weight is 347 g/mol. The summed E-state index contributed by atoms with van der Waals surface area (Å²) in [5, 5.41) is 14.9. The van der Waals surface area contributed by atoms with Crippen LogP contribution in [0.5, 0.6) is 0 Å². The molecule has 134 valence electrons. The minimum atomic E-state index is -1.31. The van der Waals surface area contributed by atoms with Gasteiger partial charge >= 0.3 is 7.12 Å². The Balaban J connectivity index is 1.91. The second-order valence-electron chi connectivity index (χ2n) is 6.39. The fraction of sp³-hybridized carbons (Fsp3) is 0.438. The molecule has 8 nitrogen and oxygen atoms in total. The van der Waals surface area contributed by atoms with Gasteiger partial charge in [-0.3, -0.25) is 14.4 Å². The minimum Gasteiger partial charge on any atom is -0.423 e. The summed E-state index contributed by atoms with van der Waals surface area (Å²) in [6.45, 7) is 3.37. The van der Waals surface area contributed by atoms with Gasteiger partial charge in [0.15, 0.2) is 0 Å². The predicted octanol–water partition coefficient (Wildman–Crippen LogP) is -1.55. The third-order valence-electron chi connectivity index (χ3n) is 3.97. The first-order valence-corrected chi connectivity index (χ1v) is 7.98. The zero-order chi connectivity index (χ0) is 18.6. The standard InChI is InChI=1S/C16H22BN3O5/c1-10(21)5-6-19-15(23)16(2,18)9-20-14(22)11-3-4-12-8-25-17(24)13(12)7-11/h3-4,7,24H,5-6,8-9,18H2,1-2H3,(H,19,23)(H,20,22)/t16-/m0/s1. The van der Waals surface area contributed by atoms with Gasteiger partial charge in [-0.25, -0.2) is 0 Å². The van der Waals surface area contributed by atoms with Gasteiger partial charge in [0.05, 0.1) is 6.61 Å². The molecule has 1 heterocycles. The molecule has 0 saturated heterocycles. The van der Waals surface area contributed by atoms with Gasteiger partial charge in [0.1, 0.15) is 11.3 Å². The van der Waals surface area contributed by atoms with E-state index in [1.165, 1.54) is 13.8 Å². The van der Waals surface area contributed by atoms with Crippen LogP contribution in [-0.4, -0.2) is 48.4 Å². The van der Waals surface area contributed by atoms with Gasteiger partial charge in [-0.05, 0) is 37.0 Å². The Morgan fingerprint density at radius 3 is 2.76 bits per heavy atom. The molecule has 1 aromatic rings. The number of Topliss-reactive ketones (excluding diaryl/α,β-unsaturated/α-hetero) is 1. The van der Waals surface area contributed by atoms with Gasteiger partial charge in [-0.15, -0.1) is 0 Å². The molecule has 1 aromatic carbocycles. The van der Waals surface area contributed by atoms with Crippen molar-refractivity contribution in [2.24, 2.45) is 5.73 Å². The van der Waals surface area contributed by atoms with Crippen molar-refractivity contribution in [1.82, 2.24) is 10.6 Å². The summed E-state index contributed by atoms with van der Waals surface area (Å²) in [4.78, 5) is 35.2. The number of ketones is 1. The molecular formula is C16H22BN3O5. The summed E-state index contributed by atoms with van der Waals surface area (Å²) >= 11 is 0. The maximum Gasteiger partial charge on any atom is 0.491 e. The topological polar surface area (TPSA) is 131 Å². The fourth-order valence-corrected chi connectivity index (χ4v) is 2.36. The van der Waals surface area contributed by atoms with Gasteiger partial charge in [0, 0.05) is 25.1 Å². The van der Waals surface area contributed by atoms with E-state index in [1.807, 2.05) is 0 Å². The van der Waals surface area contributed by atoms with Crippen LogP contribution in [0.2, 0.25) is 0 Å². The summed E-state index contributed by atoms with van der Waals surface area (Å²) in [6, 6.07) is 4.90. The number of rotatable bonds is 7. The van der Waals surface area contributed by atoms with Crippen molar-refractivity contribution in [3.05, 3.63) is 29.3 Å². The quantitative estimate of drug-likeness (QED) is 0.442. The number of carbonyl (C=O) groups is 3. The summed E-state index contributed by atoms with van der Waals surface area (Å²) in [5.41, 5.74) is 6.37. The maximum absolute atomic E-state index is 12.3. The van der Waals surface area contributed by atoms with E-state index in [2.05, 4.69) is 10.6 Å². The van der Waals surface area contributed by atoms with E-state index in [-0.39, 0.29) is 25.3 Å². The Hall–Kier alpha value is -2.23. The molecule has 0 bridgehead atoms. The molecule has 25 heavy (non-hydrogen) atoms. The zero-order valence-electron chi connectivity index (χ0n) is 14.3. The zero-order valence-corrected chi connectivity index (χ0v) is 14.3. The smallest absolute Gasteiger partial charge is 0.423 e. The Kier molecular flexibility index (Phi) is 5.94. The summed E-state index contributed by atoms with van der Waals surface area (Å²) in [5.74, 6) is -0.892. The third kappa shape index (κ3) is 4.88. The summed E-state index contributed by atoms with van der Waals surface area (Å²) in [7, 11) is -1.03. The molecule has 2 rings (SSSR count). The molecule has 1 aliphatic rings. The number of hydrogen-bond donors (Lipinski definition) is 4. The van der Waals surface area contributed by atoms with Crippen molar-refractivity contribution in [3.63, 3.8) is 0 Å². The third-order valence-corrected chi connectivity index (χ3v) is 3.97. The van der Waals surface area contributed by atoms with Crippen LogP contribution in [0.25, 0.3) is 0 Å². The van der Waals surface area contributed by atoms with Crippen molar-refractivity contribution in [3.8, 4) is 0 Å². The van der Waals surface area contributed by atoms with Crippen molar-refractivity contribution in [1.29, 1.82) is 0 Å². The lowest BCUT2D eigenvalue weighted by molar-refractivity contribution is -0.125. The van der Waals surface area contributed by atoms with Crippen LogP contribution in [0.3, 0.4) is 0 Å². The van der Waals surface area contributed by atoms with E-state index in [0.29, 0.717) is 17.6 Å². The van der Waals surface area contributed by atoms with E-state index < -0.39 is 24.5 Å². The number of hydrogen-bond acceptors (Lipinski definition) is 6. The molecule has 0 aromatic heterocycles. The average Bonchev–Trinajstić information content (AvgIpc) is 2.93. The number of nitrogens with two attached hydrogens (primary N) is 1. The predicted molar refractivity (Wildman–Crippen MR) is 92.1 cm³/mol. The fourth-order valence-electron chi connectivity index (χ4n) is 2.36. The lowest BCUT2D eigenvalue weighted by atomic mass is 9.79. The monoisotopic (exact) mass is 347 g/mol. The normalized spacial score (nSPS) is 15.3. The van der Waals surface area contributed by atoms with E-state index in [0.717, 1.165) is 5.56 Å². The second kappa shape index (κ2) is 7.77. The van der Waals surface area contributed by atoms with Crippen LogP contribution in [0.4, 0.5) is 0 Å². The lowest BCUT2D eigenvalue weighted by Gasteiger charge is -2.24. The molecule has 0 aliphatic carbocycles. The van der Waals surface area contributed by atoms with Crippen LogP contribution in [0.15, 0.2) is 18.2 Å². The largest absolute Gasteiger partial charge is 0.491 e. The molecule has 0 saturated carbocycles. The van der Waals surface area contributed by atoms with Gasteiger partial charge in [0.2, 0.25) is 5.91 Å². The highest BCUT2D eigenvalue weighted by atomic mass is 16.5. The van der Waals surface area contributed by atoms with E-state index in [1.54, 1.807) is 18.2 Å².